The zero-order valence-electron chi connectivity index (χ0n) is 5.66. The minimum atomic E-state index is 0.114. The number of hydrogen-bond donors (Lipinski definition) is 2. The first-order valence-corrected chi connectivity index (χ1v) is 3.33. The van der Waals surface area contributed by atoms with Crippen LogP contribution in [0.1, 0.15) is 5.56 Å². The zero-order valence-corrected chi connectivity index (χ0v) is 6.42. The molecular formula is C7H7ClN2O. The van der Waals surface area contributed by atoms with Crippen molar-refractivity contribution in [3.8, 4) is 5.75 Å². The Kier molecular flexibility index (Phi) is 2.33. The van der Waals surface area contributed by atoms with Crippen LogP contribution in [0.25, 0.3) is 0 Å². The predicted molar refractivity (Wildman–Crippen MR) is 44.9 cm³/mol. The molecule has 1 rings (SSSR count). The van der Waals surface area contributed by atoms with Crippen molar-refractivity contribution < 1.29 is 5.11 Å². The third-order valence-electron chi connectivity index (χ3n) is 1.20. The maximum Gasteiger partial charge on any atom is 0.124 e. The van der Waals surface area contributed by atoms with Gasteiger partial charge in [0.2, 0.25) is 0 Å². The van der Waals surface area contributed by atoms with Gasteiger partial charge in [-0.2, -0.15) is 5.10 Å². The maximum absolute atomic E-state index is 9.16. The summed E-state index contributed by atoms with van der Waals surface area (Å²) in [6.07, 6.45) is 1.33. The Hall–Kier alpha value is -1.22. The quantitative estimate of drug-likeness (QED) is 0.380. The summed E-state index contributed by atoms with van der Waals surface area (Å²) in [6.45, 7) is 0. The molecule has 3 nitrogen and oxygen atoms in total. The minimum absolute atomic E-state index is 0.114. The summed E-state index contributed by atoms with van der Waals surface area (Å²) in [5.74, 6) is 5.01. The second kappa shape index (κ2) is 3.25. The number of rotatable bonds is 1. The molecule has 0 saturated heterocycles. The summed E-state index contributed by atoms with van der Waals surface area (Å²) in [7, 11) is 0. The highest BCUT2D eigenvalue weighted by atomic mass is 35.5. The minimum Gasteiger partial charge on any atom is -0.507 e. The SMILES string of the molecule is N/N=C/c1cc(Cl)ccc1O. The average molecular weight is 171 g/mol. The first-order chi connectivity index (χ1) is 5.24. The first kappa shape index (κ1) is 7.88. The summed E-state index contributed by atoms with van der Waals surface area (Å²) in [6, 6.07) is 4.65. The number of nitrogens with zero attached hydrogens (tertiary/aromatic N) is 1. The highest BCUT2D eigenvalue weighted by Gasteiger charge is 1.97. The van der Waals surface area contributed by atoms with Gasteiger partial charge in [0.15, 0.2) is 0 Å². The van der Waals surface area contributed by atoms with E-state index in [1.807, 2.05) is 0 Å². The molecule has 0 aliphatic heterocycles. The van der Waals surface area contributed by atoms with Crippen molar-refractivity contribution in [2.24, 2.45) is 10.9 Å². The van der Waals surface area contributed by atoms with Crippen molar-refractivity contribution in [3.63, 3.8) is 0 Å². The lowest BCUT2D eigenvalue weighted by atomic mass is 10.2. The predicted octanol–water partition coefficient (Wildman–Crippen LogP) is 1.34. The number of aromatic hydroxyl groups is 1. The maximum atomic E-state index is 9.16. The van der Waals surface area contributed by atoms with Crippen molar-refractivity contribution in [1.29, 1.82) is 0 Å². The molecule has 0 aliphatic carbocycles. The van der Waals surface area contributed by atoms with Crippen molar-refractivity contribution in [1.82, 2.24) is 0 Å². The van der Waals surface area contributed by atoms with Gasteiger partial charge in [-0.25, -0.2) is 0 Å². The van der Waals surface area contributed by atoms with Gasteiger partial charge in [0.25, 0.3) is 0 Å². The lowest BCUT2D eigenvalue weighted by molar-refractivity contribution is 0.474. The molecule has 1 aromatic rings. The summed E-state index contributed by atoms with van der Waals surface area (Å²) < 4.78 is 0. The Morgan fingerprint density at radius 1 is 1.55 bits per heavy atom. The first-order valence-electron chi connectivity index (χ1n) is 2.96. The number of hydrazone groups is 1. The van der Waals surface area contributed by atoms with E-state index in [9.17, 15) is 0 Å². The Morgan fingerprint density at radius 2 is 2.27 bits per heavy atom. The van der Waals surface area contributed by atoms with E-state index in [2.05, 4.69) is 5.10 Å². The number of phenols is 1. The van der Waals surface area contributed by atoms with Gasteiger partial charge < -0.3 is 10.9 Å². The van der Waals surface area contributed by atoms with E-state index in [0.29, 0.717) is 10.6 Å². The van der Waals surface area contributed by atoms with Crippen molar-refractivity contribution in [3.05, 3.63) is 28.8 Å². The smallest absolute Gasteiger partial charge is 0.124 e. The van der Waals surface area contributed by atoms with Crippen molar-refractivity contribution >= 4 is 17.8 Å². The molecule has 1 aromatic carbocycles. The standard InChI is InChI=1S/C7H7ClN2O/c8-6-1-2-7(11)5(3-6)4-10-9/h1-4,11H,9H2/b10-4+. The number of halogens is 1. The van der Waals surface area contributed by atoms with Gasteiger partial charge in [0.1, 0.15) is 5.75 Å². The number of nitrogens with two attached hydrogens (primary N) is 1. The van der Waals surface area contributed by atoms with Crippen LogP contribution in [0.4, 0.5) is 0 Å². The second-order valence-electron chi connectivity index (χ2n) is 1.98. The van der Waals surface area contributed by atoms with E-state index in [1.165, 1.54) is 12.3 Å². The number of hydrogen-bond acceptors (Lipinski definition) is 3. The van der Waals surface area contributed by atoms with Crippen LogP contribution in [0.15, 0.2) is 23.3 Å². The average Bonchev–Trinajstić information content (AvgIpc) is 1.98. The normalized spacial score (nSPS) is 10.6. The van der Waals surface area contributed by atoms with Crippen LogP contribution in [0, 0.1) is 0 Å². The van der Waals surface area contributed by atoms with Crippen molar-refractivity contribution in [2.75, 3.05) is 0 Å². The molecule has 0 spiro atoms. The van der Waals surface area contributed by atoms with Gasteiger partial charge in [-0.05, 0) is 18.2 Å². The Labute approximate surface area is 69.1 Å². The van der Waals surface area contributed by atoms with Crippen LogP contribution in [0.3, 0.4) is 0 Å². The van der Waals surface area contributed by atoms with E-state index < -0.39 is 0 Å². The molecule has 0 aliphatic rings. The van der Waals surface area contributed by atoms with E-state index in [-0.39, 0.29) is 5.75 Å². The Bertz CT molecular complexity index is 286. The fourth-order valence-electron chi connectivity index (χ4n) is 0.709. The fourth-order valence-corrected chi connectivity index (χ4v) is 0.890. The van der Waals surface area contributed by atoms with Crippen LogP contribution in [-0.4, -0.2) is 11.3 Å². The molecule has 58 valence electrons. The van der Waals surface area contributed by atoms with Crippen molar-refractivity contribution in [2.45, 2.75) is 0 Å². The van der Waals surface area contributed by atoms with Gasteiger partial charge in [0.05, 0.1) is 6.21 Å². The third-order valence-corrected chi connectivity index (χ3v) is 1.44. The topological polar surface area (TPSA) is 58.6 Å². The molecule has 0 bridgehead atoms. The molecule has 3 N–H and O–H groups in total. The van der Waals surface area contributed by atoms with E-state index in [1.54, 1.807) is 12.1 Å². The molecule has 4 heteroatoms. The Morgan fingerprint density at radius 3 is 2.91 bits per heavy atom. The molecule has 0 unspecified atom stereocenters. The molecule has 0 saturated carbocycles. The highest BCUT2D eigenvalue weighted by Crippen LogP contribution is 2.19. The van der Waals surface area contributed by atoms with Crippen LogP contribution < -0.4 is 5.84 Å². The van der Waals surface area contributed by atoms with Gasteiger partial charge >= 0.3 is 0 Å². The molecule has 11 heavy (non-hydrogen) atoms. The zero-order chi connectivity index (χ0) is 8.27. The number of phenolic OH excluding ortho intramolecular Hbond substituents is 1. The van der Waals surface area contributed by atoms with Gasteiger partial charge in [-0.15, -0.1) is 0 Å². The Balaban J connectivity index is 3.12. The molecule has 0 fully saturated rings. The van der Waals surface area contributed by atoms with E-state index >= 15 is 0 Å². The van der Waals surface area contributed by atoms with E-state index in [0.717, 1.165) is 0 Å². The van der Waals surface area contributed by atoms with E-state index in [4.69, 9.17) is 22.6 Å². The van der Waals surface area contributed by atoms with Crippen LogP contribution >= 0.6 is 11.6 Å². The van der Waals surface area contributed by atoms with Crippen LogP contribution in [0.2, 0.25) is 5.02 Å². The largest absolute Gasteiger partial charge is 0.507 e. The monoisotopic (exact) mass is 170 g/mol. The highest BCUT2D eigenvalue weighted by molar-refractivity contribution is 6.30. The summed E-state index contributed by atoms with van der Waals surface area (Å²) >= 11 is 5.64. The third kappa shape index (κ3) is 1.85. The van der Waals surface area contributed by atoms with Gasteiger partial charge in [-0.1, -0.05) is 11.6 Å². The summed E-state index contributed by atoms with van der Waals surface area (Å²) in [5, 5.41) is 13.0. The molecule has 0 atom stereocenters. The molecular weight excluding hydrogens is 164 g/mol. The molecule has 0 heterocycles. The van der Waals surface area contributed by atoms with Crippen LogP contribution in [-0.2, 0) is 0 Å². The fraction of sp³-hybridized carbons (Fsp3) is 0. The second-order valence-corrected chi connectivity index (χ2v) is 2.42. The van der Waals surface area contributed by atoms with Gasteiger partial charge in [-0.3, -0.25) is 0 Å². The molecule has 0 aromatic heterocycles. The molecule has 0 amide bonds. The van der Waals surface area contributed by atoms with Crippen LogP contribution in [0.5, 0.6) is 5.75 Å². The lowest BCUT2D eigenvalue weighted by Crippen LogP contribution is -1.86. The summed E-state index contributed by atoms with van der Waals surface area (Å²) in [5.41, 5.74) is 0.514. The summed E-state index contributed by atoms with van der Waals surface area (Å²) in [4.78, 5) is 0. The lowest BCUT2D eigenvalue weighted by Gasteiger charge is -1.96. The molecule has 0 radical (unpaired) electrons. The number of benzene rings is 1. The van der Waals surface area contributed by atoms with Gasteiger partial charge in [0, 0.05) is 10.6 Å².